The molecule has 0 saturated carbocycles. The molecular formula is C15H20N4O6. The van der Waals surface area contributed by atoms with Gasteiger partial charge in [-0.1, -0.05) is 0 Å². The molecule has 0 aliphatic carbocycles. The molecule has 2 amide bonds. The van der Waals surface area contributed by atoms with E-state index in [1.165, 1.54) is 29.2 Å². The molecule has 1 fully saturated rings. The molecule has 1 saturated heterocycles. The molecule has 0 aromatic heterocycles. The highest BCUT2D eigenvalue weighted by molar-refractivity contribution is 5.93. The summed E-state index contributed by atoms with van der Waals surface area (Å²) in [5.74, 6) is -1.77. The number of carbonyl (C=O) groups is 3. The first-order valence-corrected chi connectivity index (χ1v) is 7.66. The number of benzene rings is 1. The summed E-state index contributed by atoms with van der Waals surface area (Å²) in [6.45, 7) is 1.96. The molecule has 0 bridgehead atoms. The zero-order valence-electron chi connectivity index (χ0n) is 13.6. The average Bonchev–Trinajstić information content (AvgIpc) is 3.08. The van der Waals surface area contributed by atoms with Gasteiger partial charge in [-0.25, -0.2) is 4.79 Å². The molecule has 2 atom stereocenters. The summed E-state index contributed by atoms with van der Waals surface area (Å²) in [7, 11) is 0. The second kappa shape index (κ2) is 7.92. The summed E-state index contributed by atoms with van der Waals surface area (Å²) in [4.78, 5) is 42.2. The lowest BCUT2D eigenvalue weighted by atomic mass is 10.2. The smallest absolute Gasteiger partial charge is 0.335 e. The van der Waals surface area contributed by atoms with Gasteiger partial charge in [0.15, 0.2) is 0 Å². The third kappa shape index (κ3) is 4.44. The fourth-order valence-corrected chi connectivity index (χ4v) is 2.52. The Morgan fingerprint density at radius 3 is 2.52 bits per heavy atom. The third-order valence-corrected chi connectivity index (χ3v) is 3.81. The Kier molecular flexibility index (Phi) is 5.91. The number of hydrogen-bond acceptors (Lipinski definition) is 8. The Morgan fingerprint density at radius 1 is 1.32 bits per heavy atom. The second-order valence-electron chi connectivity index (χ2n) is 5.67. The summed E-state index contributed by atoms with van der Waals surface area (Å²) >= 11 is 0. The zero-order valence-corrected chi connectivity index (χ0v) is 13.6. The highest BCUT2D eigenvalue weighted by atomic mass is 16.8. The molecule has 10 nitrogen and oxygen atoms in total. The molecule has 0 spiro atoms. The van der Waals surface area contributed by atoms with Crippen LogP contribution < -0.4 is 16.4 Å². The molecule has 1 heterocycles. The molecular weight excluding hydrogens is 332 g/mol. The number of nitrogens with two attached hydrogens (primary N) is 1. The van der Waals surface area contributed by atoms with Crippen molar-refractivity contribution in [1.29, 1.82) is 0 Å². The van der Waals surface area contributed by atoms with E-state index in [1.807, 2.05) is 0 Å². The Hall–Kier alpha value is -2.69. The Balaban J connectivity index is 1.92. The summed E-state index contributed by atoms with van der Waals surface area (Å²) in [6.07, 6.45) is 1.12. The quantitative estimate of drug-likeness (QED) is 0.545. The van der Waals surface area contributed by atoms with Gasteiger partial charge in [0.05, 0.1) is 17.3 Å². The first kappa shape index (κ1) is 18.6. The minimum atomic E-state index is -0.828. The lowest BCUT2D eigenvalue weighted by Crippen LogP contribution is -2.50. The highest BCUT2D eigenvalue weighted by Gasteiger charge is 2.35. The van der Waals surface area contributed by atoms with E-state index < -0.39 is 24.0 Å². The van der Waals surface area contributed by atoms with Gasteiger partial charge in [0.1, 0.15) is 6.04 Å². The van der Waals surface area contributed by atoms with Crippen molar-refractivity contribution in [3.8, 4) is 0 Å². The van der Waals surface area contributed by atoms with Crippen molar-refractivity contribution in [2.45, 2.75) is 31.8 Å². The minimum absolute atomic E-state index is 0.0524. The van der Waals surface area contributed by atoms with Crippen molar-refractivity contribution in [3.05, 3.63) is 29.8 Å². The Bertz CT molecular complexity index is 646. The highest BCUT2D eigenvalue weighted by Crippen LogP contribution is 2.18. The number of rotatable bonds is 4. The van der Waals surface area contributed by atoms with Crippen LogP contribution in [-0.4, -0.2) is 51.7 Å². The van der Waals surface area contributed by atoms with Crippen molar-refractivity contribution in [2.24, 2.45) is 5.73 Å². The second-order valence-corrected chi connectivity index (χ2v) is 5.67. The van der Waals surface area contributed by atoms with Crippen LogP contribution in [0, 0.1) is 0 Å². The maximum atomic E-state index is 12.2. The van der Waals surface area contributed by atoms with Crippen LogP contribution in [0.1, 0.15) is 30.1 Å². The summed E-state index contributed by atoms with van der Waals surface area (Å²) in [5, 5.41) is 17.6. The maximum absolute atomic E-state index is 12.2. The molecule has 0 radical (unpaired) electrons. The molecule has 25 heavy (non-hydrogen) atoms. The molecule has 1 aromatic carbocycles. The molecule has 136 valence electrons. The molecule has 1 aliphatic rings. The van der Waals surface area contributed by atoms with E-state index in [9.17, 15) is 14.4 Å². The monoisotopic (exact) mass is 352 g/mol. The van der Waals surface area contributed by atoms with E-state index in [-0.39, 0.29) is 22.4 Å². The largest absolute Gasteiger partial charge is 0.362 e. The number of amides is 2. The van der Waals surface area contributed by atoms with Crippen molar-refractivity contribution >= 4 is 23.5 Å². The topological polar surface area (TPSA) is 145 Å². The summed E-state index contributed by atoms with van der Waals surface area (Å²) < 4.78 is 0. The predicted octanol–water partition coefficient (Wildman–Crippen LogP) is -0.202. The standard InChI is InChI=1S/C15H20N4O6/c1-9(16)14(21)18-8-2-3-12(18)13(20)17-25-15(22)10-4-6-11(7-5-10)19(23)24/h4-7,9,12,23-24H,2-3,8,16H2,1H3,(H,17,20). The zero-order chi connectivity index (χ0) is 18.6. The molecule has 10 heteroatoms. The predicted molar refractivity (Wildman–Crippen MR) is 84.4 cm³/mol. The van der Waals surface area contributed by atoms with E-state index in [1.54, 1.807) is 6.92 Å². The van der Waals surface area contributed by atoms with Crippen molar-refractivity contribution in [3.63, 3.8) is 0 Å². The minimum Gasteiger partial charge on any atom is -0.335 e. The number of likely N-dealkylation sites (tertiary alicyclic amines) is 1. The lowest BCUT2D eigenvalue weighted by Gasteiger charge is -2.25. The van der Waals surface area contributed by atoms with Gasteiger partial charge in [-0.2, -0.15) is 5.48 Å². The Morgan fingerprint density at radius 2 is 1.96 bits per heavy atom. The van der Waals surface area contributed by atoms with E-state index in [0.29, 0.717) is 19.4 Å². The number of nitrogens with one attached hydrogen (secondary N) is 1. The number of hydrogen-bond donors (Lipinski definition) is 4. The van der Waals surface area contributed by atoms with Crippen LogP contribution in [0.4, 0.5) is 5.69 Å². The maximum Gasteiger partial charge on any atom is 0.362 e. The van der Waals surface area contributed by atoms with E-state index >= 15 is 0 Å². The first-order chi connectivity index (χ1) is 11.8. The fraction of sp³-hybridized carbons (Fsp3) is 0.400. The van der Waals surface area contributed by atoms with Crippen LogP contribution in [0.15, 0.2) is 24.3 Å². The van der Waals surface area contributed by atoms with Gasteiger partial charge < -0.3 is 15.5 Å². The molecule has 2 rings (SSSR count). The average molecular weight is 352 g/mol. The van der Waals surface area contributed by atoms with E-state index in [4.69, 9.17) is 21.0 Å². The molecule has 1 aliphatic heterocycles. The van der Waals surface area contributed by atoms with Crippen LogP contribution in [0.3, 0.4) is 0 Å². The van der Waals surface area contributed by atoms with Crippen LogP contribution in [0.25, 0.3) is 0 Å². The van der Waals surface area contributed by atoms with Gasteiger partial charge in [-0.3, -0.25) is 20.0 Å². The molecule has 2 unspecified atom stereocenters. The van der Waals surface area contributed by atoms with Crippen LogP contribution >= 0.6 is 0 Å². The first-order valence-electron chi connectivity index (χ1n) is 7.66. The van der Waals surface area contributed by atoms with Crippen LogP contribution in [0.2, 0.25) is 0 Å². The number of anilines is 1. The van der Waals surface area contributed by atoms with Crippen molar-refractivity contribution < 1.29 is 29.6 Å². The third-order valence-electron chi connectivity index (χ3n) is 3.81. The van der Waals surface area contributed by atoms with Gasteiger partial charge in [0, 0.05) is 6.54 Å². The summed E-state index contributed by atoms with van der Waals surface area (Å²) in [6, 6.07) is 3.70. The van der Waals surface area contributed by atoms with E-state index in [0.717, 1.165) is 0 Å². The number of hydroxylamine groups is 1. The van der Waals surface area contributed by atoms with E-state index in [2.05, 4.69) is 5.48 Å². The molecule has 1 aromatic rings. The lowest BCUT2D eigenvalue weighted by molar-refractivity contribution is -0.143. The number of nitrogens with zero attached hydrogens (tertiary/aromatic N) is 2. The van der Waals surface area contributed by atoms with Crippen molar-refractivity contribution in [2.75, 3.05) is 11.8 Å². The van der Waals surface area contributed by atoms with Gasteiger partial charge in [-0.05, 0) is 44.0 Å². The SMILES string of the molecule is CC(N)C(=O)N1CCCC1C(=O)NOC(=O)c1ccc(N(O)O)cc1. The van der Waals surface area contributed by atoms with Gasteiger partial charge in [0.2, 0.25) is 5.91 Å². The van der Waals surface area contributed by atoms with Crippen molar-refractivity contribution in [1.82, 2.24) is 10.4 Å². The van der Waals surface area contributed by atoms with Gasteiger partial charge in [0.25, 0.3) is 5.91 Å². The van der Waals surface area contributed by atoms with Gasteiger partial charge >= 0.3 is 5.97 Å². The van der Waals surface area contributed by atoms with Crippen LogP contribution in [0.5, 0.6) is 0 Å². The van der Waals surface area contributed by atoms with Gasteiger partial charge in [-0.15, -0.1) is 5.23 Å². The van der Waals surface area contributed by atoms with Crippen LogP contribution in [-0.2, 0) is 14.4 Å². The summed E-state index contributed by atoms with van der Waals surface area (Å²) in [5.41, 5.74) is 7.76. The Labute approximate surface area is 143 Å². The fourth-order valence-electron chi connectivity index (χ4n) is 2.52. The number of carbonyl (C=O) groups excluding carboxylic acids is 3. The normalized spacial score (nSPS) is 17.8. The molecule has 5 N–H and O–H groups in total.